The van der Waals surface area contributed by atoms with Crippen molar-refractivity contribution < 1.29 is 19.1 Å². The Hall–Kier alpha value is -2.50. The second-order valence-corrected chi connectivity index (χ2v) is 6.18. The fourth-order valence-electron chi connectivity index (χ4n) is 3.10. The monoisotopic (exact) mass is 346 g/mol. The Bertz CT molecular complexity index is 636. The highest BCUT2D eigenvalue weighted by atomic mass is 16.5. The van der Waals surface area contributed by atoms with Crippen LogP contribution in [-0.2, 0) is 16.1 Å². The highest BCUT2D eigenvalue weighted by Crippen LogP contribution is 2.27. The fourth-order valence-corrected chi connectivity index (χ4v) is 3.10. The molecule has 0 unspecified atom stereocenters. The topological polar surface area (TPSA) is 59.1 Å². The first-order valence-corrected chi connectivity index (χ1v) is 8.37. The second kappa shape index (κ2) is 8.55. The summed E-state index contributed by atoms with van der Waals surface area (Å²) in [5.41, 5.74) is 0.929. The molecule has 0 N–H and O–H groups in total. The number of ether oxygens (including phenoxy) is 2. The Morgan fingerprint density at radius 1 is 1.28 bits per heavy atom. The van der Waals surface area contributed by atoms with E-state index in [4.69, 9.17) is 9.47 Å². The lowest BCUT2D eigenvalue weighted by molar-refractivity contribution is -0.138. The normalized spacial score (nSPS) is 14.8. The van der Waals surface area contributed by atoms with Crippen LogP contribution in [0.1, 0.15) is 18.4 Å². The molecule has 0 spiro atoms. The number of methoxy groups -OCH3 is 2. The van der Waals surface area contributed by atoms with Crippen LogP contribution in [0.5, 0.6) is 11.5 Å². The summed E-state index contributed by atoms with van der Waals surface area (Å²) in [4.78, 5) is 27.8. The van der Waals surface area contributed by atoms with Gasteiger partial charge in [-0.05, 0) is 31.1 Å². The fraction of sp³-hybridized carbons (Fsp3) is 0.474. The van der Waals surface area contributed by atoms with E-state index in [2.05, 4.69) is 6.58 Å². The van der Waals surface area contributed by atoms with Gasteiger partial charge in [0.05, 0.1) is 14.2 Å². The summed E-state index contributed by atoms with van der Waals surface area (Å²) in [6.45, 7) is 5.17. The Labute approximate surface area is 149 Å². The van der Waals surface area contributed by atoms with Gasteiger partial charge in [0.25, 0.3) is 0 Å². The SMILES string of the molecule is C=CC(=O)N1CCC(C(=O)N(C)Cc2ccc(OC)cc2OC)CC1. The summed E-state index contributed by atoms with van der Waals surface area (Å²) in [6, 6.07) is 5.58. The van der Waals surface area contributed by atoms with Gasteiger partial charge in [-0.1, -0.05) is 6.58 Å². The number of hydrogen-bond acceptors (Lipinski definition) is 4. The minimum atomic E-state index is -0.0674. The summed E-state index contributed by atoms with van der Waals surface area (Å²) in [5, 5.41) is 0. The zero-order valence-corrected chi connectivity index (χ0v) is 15.2. The number of amides is 2. The molecule has 6 heteroatoms. The molecule has 1 saturated heterocycles. The minimum Gasteiger partial charge on any atom is -0.497 e. The molecule has 0 radical (unpaired) electrons. The van der Waals surface area contributed by atoms with E-state index >= 15 is 0 Å². The van der Waals surface area contributed by atoms with E-state index < -0.39 is 0 Å². The van der Waals surface area contributed by atoms with E-state index in [0.29, 0.717) is 44.0 Å². The van der Waals surface area contributed by atoms with Gasteiger partial charge in [0, 0.05) is 44.2 Å². The first-order chi connectivity index (χ1) is 12.0. The Kier molecular flexibility index (Phi) is 6.44. The maximum absolute atomic E-state index is 12.7. The third-order valence-electron chi connectivity index (χ3n) is 4.61. The maximum atomic E-state index is 12.7. The molecule has 0 atom stereocenters. The summed E-state index contributed by atoms with van der Waals surface area (Å²) in [6.07, 6.45) is 2.69. The summed E-state index contributed by atoms with van der Waals surface area (Å²) in [5.74, 6) is 1.40. The molecule has 2 rings (SSSR count). The summed E-state index contributed by atoms with van der Waals surface area (Å²) < 4.78 is 10.6. The quantitative estimate of drug-likeness (QED) is 0.740. The molecule has 0 aliphatic carbocycles. The molecule has 1 heterocycles. The average Bonchev–Trinajstić information content (AvgIpc) is 2.67. The first kappa shape index (κ1) is 18.8. The number of benzene rings is 1. The summed E-state index contributed by atoms with van der Waals surface area (Å²) >= 11 is 0. The van der Waals surface area contributed by atoms with Crippen LogP contribution in [0.4, 0.5) is 0 Å². The van der Waals surface area contributed by atoms with Crippen molar-refractivity contribution in [3.05, 3.63) is 36.4 Å². The number of carbonyl (C=O) groups is 2. The maximum Gasteiger partial charge on any atom is 0.245 e. The molecule has 1 aromatic rings. The molecule has 1 aromatic carbocycles. The van der Waals surface area contributed by atoms with Gasteiger partial charge in [0.1, 0.15) is 11.5 Å². The second-order valence-electron chi connectivity index (χ2n) is 6.18. The lowest BCUT2D eigenvalue weighted by atomic mass is 9.95. The molecule has 1 fully saturated rings. The number of piperidine rings is 1. The number of likely N-dealkylation sites (tertiary alicyclic amines) is 1. The lowest BCUT2D eigenvalue weighted by Crippen LogP contribution is -2.42. The Morgan fingerprint density at radius 3 is 2.52 bits per heavy atom. The van der Waals surface area contributed by atoms with Gasteiger partial charge in [-0.25, -0.2) is 0 Å². The predicted molar refractivity (Wildman–Crippen MR) is 95.5 cm³/mol. The van der Waals surface area contributed by atoms with Crippen LogP contribution in [0.25, 0.3) is 0 Å². The van der Waals surface area contributed by atoms with Crippen molar-refractivity contribution in [3.63, 3.8) is 0 Å². The molecular weight excluding hydrogens is 320 g/mol. The van der Waals surface area contributed by atoms with Crippen molar-refractivity contribution >= 4 is 11.8 Å². The highest BCUT2D eigenvalue weighted by molar-refractivity contribution is 5.87. The van der Waals surface area contributed by atoms with Crippen LogP contribution < -0.4 is 9.47 Å². The van der Waals surface area contributed by atoms with Crippen molar-refractivity contribution in [2.24, 2.45) is 5.92 Å². The summed E-state index contributed by atoms with van der Waals surface area (Å²) in [7, 11) is 5.01. The van der Waals surface area contributed by atoms with Crippen LogP contribution in [0.2, 0.25) is 0 Å². The number of carbonyl (C=O) groups excluding carboxylic acids is 2. The molecule has 25 heavy (non-hydrogen) atoms. The molecule has 6 nitrogen and oxygen atoms in total. The van der Waals surface area contributed by atoms with Crippen molar-refractivity contribution in [1.29, 1.82) is 0 Å². The van der Waals surface area contributed by atoms with Crippen LogP contribution >= 0.6 is 0 Å². The first-order valence-electron chi connectivity index (χ1n) is 8.37. The van der Waals surface area contributed by atoms with E-state index in [-0.39, 0.29) is 17.7 Å². The van der Waals surface area contributed by atoms with Crippen LogP contribution in [0.15, 0.2) is 30.9 Å². The standard InChI is InChI=1S/C19H26N2O4/c1-5-18(22)21-10-8-14(9-11-21)19(23)20(2)13-15-6-7-16(24-3)12-17(15)25-4/h5-7,12,14H,1,8-11,13H2,2-4H3. The van der Waals surface area contributed by atoms with Gasteiger partial charge >= 0.3 is 0 Å². The number of hydrogen-bond donors (Lipinski definition) is 0. The van der Waals surface area contributed by atoms with E-state index in [0.717, 1.165) is 5.56 Å². The van der Waals surface area contributed by atoms with Crippen molar-refractivity contribution in [3.8, 4) is 11.5 Å². The third-order valence-corrected chi connectivity index (χ3v) is 4.61. The zero-order valence-electron chi connectivity index (χ0n) is 15.2. The molecule has 0 aromatic heterocycles. The lowest BCUT2D eigenvalue weighted by Gasteiger charge is -2.32. The third kappa shape index (κ3) is 4.53. The van der Waals surface area contributed by atoms with E-state index in [9.17, 15) is 9.59 Å². The van der Waals surface area contributed by atoms with Crippen LogP contribution in [-0.4, -0.2) is 56.0 Å². The van der Waals surface area contributed by atoms with Crippen LogP contribution in [0.3, 0.4) is 0 Å². The number of rotatable bonds is 6. The zero-order chi connectivity index (χ0) is 18.4. The molecule has 0 bridgehead atoms. The molecule has 1 aliphatic rings. The van der Waals surface area contributed by atoms with Gasteiger partial charge in [-0.2, -0.15) is 0 Å². The van der Waals surface area contributed by atoms with E-state index in [1.54, 1.807) is 31.1 Å². The number of nitrogens with zero attached hydrogens (tertiary/aromatic N) is 2. The minimum absolute atomic E-state index is 0.0527. The molecular formula is C19H26N2O4. The van der Waals surface area contributed by atoms with Gasteiger partial charge in [-0.3, -0.25) is 9.59 Å². The Morgan fingerprint density at radius 2 is 1.96 bits per heavy atom. The van der Waals surface area contributed by atoms with Crippen LogP contribution in [0, 0.1) is 5.92 Å². The molecule has 1 aliphatic heterocycles. The molecule has 0 saturated carbocycles. The van der Waals surface area contributed by atoms with E-state index in [1.165, 1.54) is 6.08 Å². The van der Waals surface area contributed by atoms with E-state index in [1.807, 2.05) is 18.2 Å². The van der Waals surface area contributed by atoms with Crippen molar-refractivity contribution in [2.45, 2.75) is 19.4 Å². The van der Waals surface area contributed by atoms with Gasteiger partial charge in [0.2, 0.25) is 11.8 Å². The Balaban J connectivity index is 1.97. The van der Waals surface area contributed by atoms with Crippen molar-refractivity contribution in [1.82, 2.24) is 9.80 Å². The molecule has 136 valence electrons. The van der Waals surface area contributed by atoms with Gasteiger partial charge in [0.15, 0.2) is 0 Å². The van der Waals surface area contributed by atoms with Gasteiger partial charge < -0.3 is 19.3 Å². The van der Waals surface area contributed by atoms with Crippen molar-refractivity contribution in [2.75, 3.05) is 34.4 Å². The smallest absolute Gasteiger partial charge is 0.245 e. The predicted octanol–water partition coefficient (Wildman–Crippen LogP) is 2.09. The highest BCUT2D eigenvalue weighted by Gasteiger charge is 2.28. The largest absolute Gasteiger partial charge is 0.497 e. The average molecular weight is 346 g/mol. The van der Waals surface area contributed by atoms with Gasteiger partial charge in [-0.15, -0.1) is 0 Å². The molecule has 2 amide bonds.